The Morgan fingerprint density at radius 2 is 1.91 bits per heavy atom. The topological polar surface area (TPSA) is 118 Å². The quantitative estimate of drug-likeness (QED) is 0.418. The fraction of sp³-hybridized carbons (Fsp3) is 0.250. The van der Waals surface area contributed by atoms with Gasteiger partial charge in [-0.2, -0.15) is 5.26 Å². The van der Waals surface area contributed by atoms with E-state index in [0.717, 1.165) is 11.8 Å². The van der Waals surface area contributed by atoms with Crippen molar-refractivity contribution in [2.24, 2.45) is 5.92 Å². The molecular formula is C24H22ClN3O5S. The van der Waals surface area contributed by atoms with Gasteiger partial charge in [-0.1, -0.05) is 41.6 Å². The van der Waals surface area contributed by atoms with Crippen molar-refractivity contribution < 1.29 is 23.9 Å². The molecule has 2 atom stereocenters. The zero-order valence-corrected chi connectivity index (χ0v) is 20.0. The third-order valence-electron chi connectivity index (χ3n) is 5.02. The maximum atomic E-state index is 12.9. The summed E-state index contributed by atoms with van der Waals surface area (Å²) in [5, 5.41) is 15.8. The third-order valence-corrected chi connectivity index (χ3v) is 6.38. The number of carbonyl (C=O) groups is 3. The number of benzene rings is 2. The number of nitrogens with zero attached hydrogens (tertiary/aromatic N) is 1. The smallest absolute Gasteiger partial charge is 0.319 e. The van der Waals surface area contributed by atoms with Gasteiger partial charge in [-0.05, 0) is 42.8 Å². The molecule has 2 aromatic rings. The van der Waals surface area contributed by atoms with Crippen LogP contribution in [0.2, 0.25) is 5.02 Å². The lowest BCUT2D eigenvalue weighted by Gasteiger charge is -2.31. The number of thioether (sulfide) groups is 1. The van der Waals surface area contributed by atoms with E-state index in [9.17, 15) is 19.6 Å². The minimum Gasteiger partial charge on any atom is -0.494 e. The number of nitriles is 1. The summed E-state index contributed by atoms with van der Waals surface area (Å²) in [6, 6.07) is 15.7. The normalized spacial score (nSPS) is 17.4. The molecule has 0 bridgehead atoms. The van der Waals surface area contributed by atoms with Crippen LogP contribution in [0.15, 0.2) is 59.1 Å². The number of allylic oxidation sites excluding steroid dienone is 1. The summed E-state index contributed by atoms with van der Waals surface area (Å²) in [6.45, 7) is 2.42. The maximum absolute atomic E-state index is 12.9. The second-order valence-electron chi connectivity index (χ2n) is 7.14. The lowest BCUT2D eigenvalue weighted by atomic mass is 9.78. The summed E-state index contributed by atoms with van der Waals surface area (Å²) in [7, 11) is 1.17. The number of hydrogen-bond acceptors (Lipinski definition) is 7. The predicted molar refractivity (Wildman–Crippen MR) is 129 cm³/mol. The Kier molecular flexibility index (Phi) is 8.57. The first-order valence-electron chi connectivity index (χ1n) is 10.3. The zero-order chi connectivity index (χ0) is 24.7. The number of anilines is 1. The average molecular weight is 500 g/mol. The second kappa shape index (κ2) is 11.6. The van der Waals surface area contributed by atoms with Gasteiger partial charge in [0.15, 0.2) is 0 Å². The van der Waals surface area contributed by atoms with Crippen LogP contribution < -0.4 is 15.4 Å². The first-order chi connectivity index (χ1) is 16.4. The molecule has 2 amide bonds. The number of rotatable bonds is 8. The summed E-state index contributed by atoms with van der Waals surface area (Å²) in [5.74, 6) is -3.38. The van der Waals surface area contributed by atoms with Gasteiger partial charge in [0, 0.05) is 16.6 Å². The summed E-state index contributed by atoms with van der Waals surface area (Å²) < 4.78 is 10.2. The standard InChI is InChI=1S/C24H22ClN3O5S/c1-3-33-15-10-8-14(9-11-15)27-19(29)13-34-23-17(12-26)20(16-6-4-5-7-18(16)25)21(22(30)28-23)24(31)32-2/h4-11,20-21H,3,13H2,1-2H3,(H,27,29)(H,28,30)/t20-,21+/m1/s1. The van der Waals surface area contributed by atoms with Gasteiger partial charge >= 0.3 is 5.97 Å². The summed E-state index contributed by atoms with van der Waals surface area (Å²) in [4.78, 5) is 37.8. The van der Waals surface area contributed by atoms with Crippen molar-refractivity contribution in [3.8, 4) is 11.8 Å². The van der Waals surface area contributed by atoms with Gasteiger partial charge < -0.3 is 20.1 Å². The monoisotopic (exact) mass is 499 g/mol. The van der Waals surface area contributed by atoms with Crippen molar-refractivity contribution in [1.82, 2.24) is 5.32 Å². The average Bonchev–Trinajstić information content (AvgIpc) is 2.83. The van der Waals surface area contributed by atoms with E-state index in [1.54, 1.807) is 48.5 Å². The van der Waals surface area contributed by atoms with E-state index >= 15 is 0 Å². The van der Waals surface area contributed by atoms with Gasteiger partial charge in [-0.15, -0.1) is 0 Å². The number of esters is 1. The lowest BCUT2D eigenvalue weighted by molar-refractivity contribution is -0.150. The summed E-state index contributed by atoms with van der Waals surface area (Å²) >= 11 is 7.33. The number of methoxy groups -OCH3 is 1. The first-order valence-corrected chi connectivity index (χ1v) is 11.7. The van der Waals surface area contributed by atoms with Crippen molar-refractivity contribution in [2.45, 2.75) is 12.8 Å². The number of carbonyl (C=O) groups excluding carboxylic acids is 3. The largest absolute Gasteiger partial charge is 0.494 e. The highest BCUT2D eigenvalue weighted by Gasteiger charge is 2.45. The van der Waals surface area contributed by atoms with Crippen LogP contribution in [-0.2, 0) is 19.1 Å². The van der Waals surface area contributed by atoms with Crippen molar-refractivity contribution in [1.29, 1.82) is 5.26 Å². The van der Waals surface area contributed by atoms with E-state index in [1.165, 1.54) is 7.11 Å². The molecule has 0 aromatic heterocycles. The number of ether oxygens (including phenoxy) is 2. The van der Waals surface area contributed by atoms with E-state index < -0.39 is 23.7 Å². The minimum absolute atomic E-state index is 0.0772. The van der Waals surface area contributed by atoms with Crippen molar-refractivity contribution in [2.75, 3.05) is 24.8 Å². The highest BCUT2D eigenvalue weighted by molar-refractivity contribution is 8.03. The number of hydrogen-bond donors (Lipinski definition) is 2. The van der Waals surface area contributed by atoms with Crippen LogP contribution in [0, 0.1) is 17.2 Å². The molecule has 1 aliphatic rings. The van der Waals surface area contributed by atoms with Crippen LogP contribution in [0.3, 0.4) is 0 Å². The van der Waals surface area contributed by atoms with Crippen molar-refractivity contribution in [3.63, 3.8) is 0 Å². The van der Waals surface area contributed by atoms with Crippen molar-refractivity contribution >= 4 is 46.8 Å². The SMILES string of the molecule is CCOc1ccc(NC(=O)CSC2=C(C#N)[C@@H](c3ccccc3Cl)[C@H](C(=O)OC)C(=O)N2)cc1. The molecule has 8 nitrogen and oxygen atoms in total. The van der Waals surface area contributed by atoms with Gasteiger partial charge in [-0.3, -0.25) is 14.4 Å². The van der Waals surface area contributed by atoms with Gasteiger partial charge in [-0.25, -0.2) is 0 Å². The molecular weight excluding hydrogens is 478 g/mol. The highest BCUT2D eigenvalue weighted by Crippen LogP contribution is 2.42. The number of halogens is 1. The van der Waals surface area contributed by atoms with Crippen LogP contribution >= 0.6 is 23.4 Å². The molecule has 0 unspecified atom stereocenters. The molecule has 2 N–H and O–H groups in total. The Bertz CT molecular complexity index is 1160. The molecule has 0 spiro atoms. The number of amides is 2. The van der Waals surface area contributed by atoms with Crippen LogP contribution in [0.5, 0.6) is 5.75 Å². The molecule has 10 heteroatoms. The Labute approximate surface area is 206 Å². The molecule has 1 heterocycles. The molecule has 1 aliphatic heterocycles. The van der Waals surface area contributed by atoms with E-state index in [-0.39, 0.29) is 22.3 Å². The molecule has 0 saturated carbocycles. The minimum atomic E-state index is -1.29. The second-order valence-corrected chi connectivity index (χ2v) is 8.53. The molecule has 0 radical (unpaired) electrons. The van der Waals surface area contributed by atoms with Gasteiger partial charge in [0.05, 0.1) is 36.1 Å². The fourth-order valence-corrected chi connectivity index (χ4v) is 4.62. The van der Waals surface area contributed by atoms with E-state index in [2.05, 4.69) is 16.7 Å². The molecule has 3 rings (SSSR count). The van der Waals surface area contributed by atoms with E-state index in [4.69, 9.17) is 21.1 Å². The lowest BCUT2D eigenvalue weighted by Crippen LogP contribution is -2.44. The van der Waals surface area contributed by atoms with E-state index in [1.807, 2.05) is 6.92 Å². The van der Waals surface area contributed by atoms with Crippen molar-refractivity contribution in [3.05, 3.63) is 69.7 Å². The maximum Gasteiger partial charge on any atom is 0.319 e. The number of nitrogens with one attached hydrogen (secondary N) is 2. The molecule has 0 saturated heterocycles. The van der Waals surface area contributed by atoms with Crippen LogP contribution in [-0.4, -0.2) is 37.3 Å². The Hall–Kier alpha value is -3.48. The van der Waals surface area contributed by atoms with Crippen LogP contribution in [0.1, 0.15) is 18.4 Å². The Morgan fingerprint density at radius 1 is 1.21 bits per heavy atom. The fourth-order valence-electron chi connectivity index (χ4n) is 3.52. The van der Waals surface area contributed by atoms with E-state index in [0.29, 0.717) is 28.6 Å². The molecule has 2 aromatic carbocycles. The van der Waals surface area contributed by atoms with Gasteiger partial charge in [0.2, 0.25) is 11.8 Å². The summed E-state index contributed by atoms with van der Waals surface area (Å²) in [5.41, 5.74) is 1.15. The third kappa shape index (κ3) is 5.71. The Morgan fingerprint density at radius 3 is 2.53 bits per heavy atom. The van der Waals surface area contributed by atoms with Crippen LogP contribution in [0.25, 0.3) is 0 Å². The molecule has 0 fully saturated rings. The molecule has 176 valence electrons. The van der Waals surface area contributed by atoms with Crippen LogP contribution in [0.4, 0.5) is 5.69 Å². The van der Waals surface area contributed by atoms with Gasteiger partial charge in [0.1, 0.15) is 11.7 Å². The molecule has 0 aliphatic carbocycles. The highest BCUT2D eigenvalue weighted by atomic mass is 35.5. The Balaban J connectivity index is 1.83. The first kappa shape index (κ1) is 25.1. The zero-order valence-electron chi connectivity index (χ0n) is 18.5. The summed E-state index contributed by atoms with van der Waals surface area (Å²) in [6.07, 6.45) is 0. The molecule has 34 heavy (non-hydrogen) atoms. The van der Waals surface area contributed by atoms with Gasteiger partial charge in [0.25, 0.3) is 0 Å². The predicted octanol–water partition coefficient (Wildman–Crippen LogP) is 3.85.